The molecule has 0 unspecified atom stereocenters. The van der Waals surface area contributed by atoms with Crippen LogP contribution in [0, 0.1) is 0 Å². The Morgan fingerprint density at radius 1 is 1.33 bits per heavy atom. The third-order valence-electron chi connectivity index (χ3n) is 3.91. The van der Waals surface area contributed by atoms with Gasteiger partial charge in [0.15, 0.2) is 0 Å². The number of hydrogen-bond acceptors (Lipinski definition) is 3. The van der Waals surface area contributed by atoms with Gasteiger partial charge in [0, 0.05) is 28.2 Å². The van der Waals surface area contributed by atoms with Gasteiger partial charge < -0.3 is 10.0 Å². The highest BCUT2D eigenvalue weighted by Gasteiger charge is 2.31. The van der Waals surface area contributed by atoms with Gasteiger partial charge in [-0.2, -0.15) is 0 Å². The third kappa shape index (κ3) is 2.90. The Morgan fingerprint density at radius 2 is 2.00 bits per heavy atom. The van der Waals surface area contributed by atoms with Crippen molar-refractivity contribution >= 4 is 50.5 Å². The third-order valence-corrected chi connectivity index (χ3v) is 5.79. The molecule has 1 aliphatic heterocycles. The first kappa shape index (κ1) is 15.1. The number of likely N-dealkylation sites (tertiary alicyclic amines) is 1. The zero-order valence-electron chi connectivity index (χ0n) is 11.5. The van der Waals surface area contributed by atoms with Crippen molar-refractivity contribution < 1.29 is 9.90 Å². The maximum absolute atomic E-state index is 12.6. The molecule has 3 rings (SSSR count). The van der Waals surface area contributed by atoms with E-state index in [4.69, 9.17) is 23.2 Å². The number of piperidine rings is 1. The summed E-state index contributed by atoms with van der Waals surface area (Å²) in [4.78, 5) is 14.9. The molecule has 1 fully saturated rings. The van der Waals surface area contributed by atoms with E-state index in [1.165, 1.54) is 11.3 Å². The lowest BCUT2D eigenvalue weighted by molar-refractivity contribution is -0.00187. The van der Waals surface area contributed by atoms with E-state index in [-0.39, 0.29) is 5.91 Å². The first-order valence-corrected chi connectivity index (χ1v) is 8.34. The summed E-state index contributed by atoms with van der Waals surface area (Å²) < 4.78 is 0.917. The summed E-state index contributed by atoms with van der Waals surface area (Å²) in [5.74, 6) is -0.0622. The lowest BCUT2D eigenvalue weighted by Gasteiger charge is -2.35. The number of rotatable bonds is 1. The van der Waals surface area contributed by atoms with Crippen LogP contribution in [0.1, 0.15) is 29.4 Å². The Bertz CT molecular complexity index is 701. The van der Waals surface area contributed by atoms with Crippen molar-refractivity contribution in [1.29, 1.82) is 0 Å². The van der Waals surface area contributed by atoms with Crippen LogP contribution in [0.2, 0.25) is 10.0 Å². The Hall–Kier alpha value is -0.810. The predicted octanol–water partition coefficient (Wildman–Crippen LogP) is 4.20. The van der Waals surface area contributed by atoms with Crippen LogP contribution in [0.5, 0.6) is 0 Å². The van der Waals surface area contributed by atoms with Crippen molar-refractivity contribution in [2.75, 3.05) is 13.1 Å². The zero-order valence-corrected chi connectivity index (χ0v) is 13.9. The largest absolute Gasteiger partial charge is 0.390 e. The van der Waals surface area contributed by atoms with Crippen molar-refractivity contribution in [3.8, 4) is 0 Å². The molecular formula is C15H15Cl2NO2S. The Labute approximate surface area is 137 Å². The van der Waals surface area contributed by atoms with Crippen molar-refractivity contribution in [3.05, 3.63) is 33.1 Å². The van der Waals surface area contributed by atoms with Crippen LogP contribution >= 0.6 is 34.5 Å². The number of hydrogen-bond donors (Lipinski definition) is 1. The van der Waals surface area contributed by atoms with Crippen LogP contribution in [0.15, 0.2) is 18.2 Å². The molecule has 1 aromatic carbocycles. The molecule has 0 atom stereocenters. The molecule has 112 valence electrons. The van der Waals surface area contributed by atoms with Crippen molar-refractivity contribution in [2.24, 2.45) is 0 Å². The normalized spacial score (nSPS) is 18.2. The lowest BCUT2D eigenvalue weighted by atomic mass is 9.94. The zero-order chi connectivity index (χ0) is 15.2. The van der Waals surface area contributed by atoms with E-state index >= 15 is 0 Å². The van der Waals surface area contributed by atoms with E-state index in [0.717, 1.165) is 10.1 Å². The second kappa shape index (κ2) is 5.43. The number of thiophene rings is 1. The number of carbonyl (C=O) groups is 1. The summed E-state index contributed by atoms with van der Waals surface area (Å²) in [5.41, 5.74) is -0.672. The average Bonchev–Trinajstić information content (AvgIpc) is 2.74. The molecule has 1 N–H and O–H groups in total. The summed E-state index contributed by atoms with van der Waals surface area (Å²) in [6, 6.07) is 5.44. The fourth-order valence-electron chi connectivity index (χ4n) is 2.51. The molecule has 1 amide bonds. The maximum atomic E-state index is 12.6. The number of amides is 1. The second-order valence-corrected chi connectivity index (χ2v) is 7.54. The highest BCUT2D eigenvalue weighted by molar-refractivity contribution is 7.21. The standard InChI is InChI=1S/C15H15Cl2NO2S/c1-15(20)4-6-18(7-5-15)14(19)13-12(17)10-3-2-9(16)8-11(10)21-13/h2-3,8,20H,4-7H2,1H3. The molecule has 0 bridgehead atoms. The Kier molecular flexibility index (Phi) is 3.91. The molecule has 1 aliphatic rings. The summed E-state index contributed by atoms with van der Waals surface area (Å²) in [6.07, 6.45) is 1.18. The summed E-state index contributed by atoms with van der Waals surface area (Å²) in [6.45, 7) is 2.91. The SMILES string of the molecule is CC1(O)CCN(C(=O)c2sc3cc(Cl)ccc3c2Cl)CC1. The number of fused-ring (bicyclic) bond motifs is 1. The molecule has 1 saturated heterocycles. The van der Waals surface area contributed by atoms with E-state index in [9.17, 15) is 9.90 Å². The van der Waals surface area contributed by atoms with Gasteiger partial charge in [0.05, 0.1) is 10.6 Å². The molecule has 3 nitrogen and oxygen atoms in total. The molecule has 0 saturated carbocycles. The number of halogens is 2. The number of aliphatic hydroxyl groups is 1. The van der Waals surface area contributed by atoms with Gasteiger partial charge in [0.25, 0.3) is 5.91 Å². The van der Waals surface area contributed by atoms with Crippen LogP contribution < -0.4 is 0 Å². The topological polar surface area (TPSA) is 40.5 Å². The van der Waals surface area contributed by atoms with Gasteiger partial charge in [-0.05, 0) is 31.9 Å². The molecular weight excluding hydrogens is 329 g/mol. The Morgan fingerprint density at radius 3 is 2.67 bits per heavy atom. The minimum absolute atomic E-state index is 0.0622. The number of nitrogens with zero attached hydrogens (tertiary/aromatic N) is 1. The van der Waals surface area contributed by atoms with E-state index in [2.05, 4.69) is 0 Å². The second-order valence-electron chi connectivity index (χ2n) is 5.67. The molecule has 1 aromatic heterocycles. The predicted molar refractivity (Wildman–Crippen MR) is 87.6 cm³/mol. The molecule has 0 spiro atoms. The van der Waals surface area contributed by atoms with Crippen molar-refractivity contribution in [3.63, 3.8) is 0 Å². The number of benzene rings is 1. The first-order chi connectivity index (χ1) is 9.87. The minimum atomic E-state index is -0.672. The van der Waals surface area contributed by atoms with Crippen LogP contribution in [0.3, 0.4) is 0 Å². The van der Waals surface area contributed by atoms with Crippen LogP contribution in [-0.4, -0.2) is 34.6 Å². The fraction of sp³-hybridized carbons (Fsp3) is 0.400. The monoisotopic (exact) mass is 343 g/mol. The van der Waals surface area contributed by atoms with Crippen LogP contribution in [0.4, 0.5) is 0 Å². The summed E-state index contributed by atoms with van der Waals surface area (Å²) in [5, 5.41) is 12.0. The van der Waals surface area contributed by atoms with Gasteiger partial charge in [-0.1, -0.05) is 29.3 Å². The summed E-state index contributed by atoms with van der Waals surface area (Å²) >= 11 is 13.7. The lowest BCUT2D eigenvalue weighted by Crippen LogP contribution is -2.45. The van der Waals surface area contributed by atoms with Crippen LogP contribution in [-0.2, 0) is 0 Å². The average molecular weight is 344 g/mol. The minimum Gasteiger partial charge on any atom is -0.390 e. The quantitative estimate of drug-likeness (QED) is 0.842. The van der Waals surface area contributed by atoms with Crippen molar-refractivity contribution in [2.45, 2.75) is 25.4 Å². The van der Waals surface area contributed by atoms with E-state index in [0.29, 0.717) is 40.9 Å². The van der Waals surface area contributed by atoms with Gasteiger partial charge in [0.1, 0.15) is 4.88 Å². The summed E-state index contributed by atoms with van der Waals surface area (Å²) in [7, 11) is 0. The number of carbonyl (C=O) groups excluding carboxylic acids is 1. The highest BCUT2D eigenvalue weighted by Crippen LogP contribution is 2.38. The molecule has 21 heavy (non-hydrogen) atoms. The van der Waals surface area contributed by atoms with Gasteiger partial charge in [-0.15, -0.1) is 11.3 Å². The van der Waals surface area contributed by atoms with Gasteiger partial charge in [-0.3, -0.25) is 4.79 Å². The molecule has 2 aromatic rings. The van der Waals surface area contributed by atoms with Crippen LogP contribution in [0.25, 0.3) is 10.1 Å². The molecule has 2 heterocycles. The first-order valence-electron chi connectivity index (χ1n) is 6.77. The van der Waals surface area contributed by atoms with E-state index in [1.54, 1.807) is 11.0 Å². The molecule has 0 aliphatic carbocycles. The maximum Gasteiger partial charge on any atom is 0.265 e. The van der Waals surface area contributed by atoms with E-state index < -0.39 is 5.60 Å². The van der Waals surface area contributed by atoms with Gasteiger partial charge >= 0.3 is 0 Å². The fourth-order valence-corrected chi connectivity index (χ4v) is 4.27. The Balaban J connectivity index is 1.90. The van der Waals surface area contributed by atoms with Gasteiger partial charge in [-0.25, -0.2) is 0 Å². The smallest absolute Gasteiger partial charge is 0.265 e. The molecule has 6 heteroatoms. The van der Waals surface area contributed by atoms with Gasteiger partial charge in [0.2, 0.25) is 0 Å². The highest BCUT2D eigenvalue weighted by atomic mass is 35.5. The molecule has 0 radical (unpaired) electrons. The van der Waals surface area contributed by atoms with E-state index in [1.807, 2.05) is 19.1 Å². The van der Waals surface area contributed by atoms with Crippen molar-refractivity contribution in [1.82, 2.24) is 4.90 Å².